The van der Waals surface area contributed by atoms with Crippen LogP contribution in [0.5, 0.6) is 5.75 Å². The van der Waals surface area contributed by atoms with Crippen LogP contribution in [0.1, 0.15) is 0 Å². The van der Waals surface area contributed by atoms with Crippen LogP contribution in [0.2, 0.25) is 0 Å². The Morgan fingerprint density at radius 3 is 2.58 bits per heavy atom. The molecular weight excluding hydrogens is 292 g/mol. The van der Waals surface area contributed by atoms with E-state index in [1.165, 1.54) is 18.2 Å². The third-order valence-corrected chi connectivity index (χ3v) is 5.28. The van der Waals surface area contributed by atoms with Gasteiger partial charge in [-0.2, -0.15) is 5.26 Å². The maximum absolute atomic E-state index is 11.6. The number of ether oxygens (including phenoxy) is 1. The Balaban J connectivity index is 2.85. The normalized spacial score (nSPS) is 11.6. The largest absolute Gasteiger partial charge is 0.479 e. The summed E-state index contributed by atoms with van der Waals surface area (Å²) in [6.45, 7) is -0.167. The van der Waals surface area contributed by atoms with E-state index in [9.17, 15) is 16.8 Å². The molecule has 7 nitrogen and oxygen atoms in total. The molecule has 0 fully saturated rings. The van der Waals surface area contributed by atoms with Gasteiger partial charge in [0, 0.05) is 12.3 Å². The highest BCUT2D eigenvalue weighted by Gasteiger charge is 2.18. The van der Waals surface area contributed by atoms with Gasteiger partial charge in [0.15, 0.2) is 21.5 Å². The third-order valence-electron chi connectivity index (χ3n) is 1.78. The summed E-state index contributed by atoms with van der Waals surface area (Å²) in [5.41, 5.74) is 0.166. The predicted octanol–water partition coefficient (Wildman–Crippen LogP) is 0.333. The van der Waals surface area contributed by atoms with Gasteiger partial charge in [0.25, 0.3) is 0 Å². The Morgan fingerprint density at radius 2 is 2.00 bits per heavy atom. The van der Waals surface area contributed by atoms with E-state index in [1.807, 2.05) is 0 Å². The fraction of sp³-hybridized carbons (Fsp3) is 0.300. The number of hydrogen-bond acceptors (Lipinski definition) is 6. The molecule has 0 aromatic heterocycles. The summed E-state index contributed by atoms with van der Waals surface area (Å²) in [4.78, 5) is 0. The first-order valence-electron chi connectivity index (χ1n) is 5.00. The molecular formula is C10H12N2O5S2. The van der Waals surface area contributed by atoms with Crippen LogP contribution >= 0.6 is 0 Å². The minimum Gasteiger partial charge on any atom is -0.479 e. The summed E-state index contributed by atoms with van der Waals surface area (Å²) < 4.78 is 52.2. The van der Waals surface area contributed by atoms with Gasteiger partial charge in [0.2, 0.25) is 10.0 Å². The molecule has 0 saturated carbocycles. The number of rotatable bonds is 6. The monoisotopic (exact) mass is 304 g/mol. The highest BCUT2D eigenvalue weighted by Crippen LogP contribution is 2.18. The Bertz CT molecular complexity index is 689. The second kappa shape index (κ2) is 5.90. The zero-order chi connectivity index (χ0) is 14.5. The molecule has 0 amide bonds. The summed E-state index contributed by atoms with van der Waals surface area (Å²) in [5, 5.41) is 7.36. The van der Waals surface area contributed by atoms with E-state index in [-0.39, 0.29) is 12.3 Å². The molecule has 0 unspecified atom stereocenters. The van der Waals surface area contributed by atoms with Crippen molar-refractivity contribution in [3.63, 3.8) is 0 Å². The lowest BCUT2D eigenvalue weighted by Crippen LogP contribution is -2.22. The lowest BCUT2D eigenvalue weighted by Gasteiger charge is -2.08. The standard InChI is InChI=1S/C10H12N2O5S2/c1-18(13,14)8-19(15,16)12-9-3-2-4-10(7-9)17-6-5-11/h2-4,7,12H,6,8H2,1H3. The highest BCUT2D eigenvalue weighted by molar-refractivity contribution is 8.08. The number of benzene rings is 1. The molecule has 0 atom stereocenters. The van der Waals surface area contributed by atoms with Crippen molar-refractivity contribution in [2.75, 3.05) is 22.7 Å². The lowest BCUT2D eigenvalue weighted by atomic mass is 10.3. The van der Waals surface area contributed by atoms with E-state index in [4.69, 9.17) is 10.00 Å². The average Bonchev–Trinajstić information content (AvgIpc) is 2.22. The van der Waals surface area contributed by atoms with Gasteiger partial charge < -0.3 is 4.74 Å². The predicted molar refractivity (Wildman–Crippen MR) is 69.8 cm³/mol. The number of hydrogen-bond donors (Lipinski definition) is 1. The molecule has 0 bridgehead atoms. The van der Waals surface area contributed by atoms with Crippen molar-refractivity contribution in [3.05, 3.63) is 24.3 Å². The molecule has 1 N–H and O–H groups in total. The number of anilines is 1. The van der Waals surface area contributed by atoms with Crippen LogP contribution in [0.4, 0.5) is 5.69 Å². The van der Waals surface area contributed by atoms with Gasteiger partial charge >= 0.3 is 0 Å². The Morgan fingerprint density at radius 1 is 1.32 bits per heavy atom. The van der Waals surface area contributed by atoms with Crippen LogP contribution in [-0.2, 0) is 19.9 Å². The zero-order valence-electron chi connectivity index (χ0n) is 10.0. The molecule has 19 heavy (non-hydrogen) atoms. The van der Waals surface area contributed by atoms with E-state index in [0.29, 0.717) is 5.75 Å². The van der Waals surface area contributed by atoms with Gasteiger partial charge in [-0.15, -0.1) is 0 Å². The topological polar surface area (TPSA) is 113 Å². The fourth-order valence-corrected chi connectivity index (χ4v) is 4.23. The van der Waals surface area contributed by atoms with Crippen LogP contribution in [0.25, 0.3) is 0 Å². The van der Waals surface area contributed by atoms with Crippen LogP contribution < -0.4 is 9.46 Å². The Kier molecular flexibility index (Phi) is 4.74. The minimum absolute atomic E-state index is 0.166. The first-order chi connectivity index (χ1) is 8.72. The highest BCUT2D eigenvalue weighted by atomic mass is 32.3. The quantitative estimate of drug-likeness (QED) is 0.810. The van der Waals surface area contributed by atoms with Gasteiger partial charge in [0.05, 0.1) is 5.69 Å². The van der Waals surface area contributed by atoms with E-state index < -0.39 is 24.9 Å². The van der Waals surface area contributed by atoms with E-state index in [0.717, 1.165) is 6.26 Å². The van der Waals surface area contributed by atoms with Crippen LogP contribution in [-0.4, -0.2) is 34.8 Å². The molecule has 0 aliphatic heterocycles. The van der Waals surface area contributed by atoms with Crippen molar-refractivity contribution in [1.82, 2.24) is 0 Å². The molecule has 104 valence electrons. The molecule has 0 aliphatic rings. The van der Waals surface area contributed by atoms with E-state index >= 15 is 0 Å². The summed E-state index contributed by atoms with van der Waals surface area (Å²) in [7, 11) is -7.64. The first-order valence-corrected chi connectivity index (χ1v) is 8.71. The molecule has 0 saturated heterocycles. The minimum atomic E-state index is -3.99. The van der Waals surface area contributed by atoms with Crippen LogP contribution in [0.15, 0.2) is 24.3 Å². The van der Waals surface area contributed by atoms with Gasteiger partial charge in [-0.25, -0.2) is 16.8 Å². The number of sulfonamides is 1. The van der Waals surface area contributed by atoms with E-state index in [1.54, 1.807) is 12.1 Å². The number of nitrogens with one attached hydrogen (secondary N) is 1. The lowest BCUT2D eigenvalue weighted by molar-refractivity contribution is 0.368. The maximum atomic E-state index is 11.6. The second-order valence-corrected chi connectivity index (χ2v) is 7.96. The Labute approximate surface area is 111 Å². The summed E-state index contributed by atoms with van der Waals surface area (Å²) in [6.07, 6.45) is 0.832. The van der Waals surface area contributed by atoms with Crippen LogP contribution in [0.3, 0.4) is 0 Å². The number of nitrogens with zero attached hydrogens (tertiary/aromatic N) is 1. The van der Waals surface area contributed by atoms with Gasteiger partial charge in [-0.05, 0) is 12.1 Å². The summed E-state index contributed by atoms with van der Waals surface area (Å²) in [5.74, 6) is 0.307. The van der Waals surface area contributed by atoms with Crippen molar-refractivity contribution in [2.24, 2.45) is 0 Å². The van der Waals surface area contributed by atoms with Gasteiger partial charge in [-0.3, -0.25) is 4.72 Å². The zero-order valence-corrected chi connectivity index (χ0v) is 11.7. The SMILES string of the molecule is CS(=O)(=O)CS(=O)(=O)Nc1cccc(OCC#N)c1. The number of sulfone groups is 1. The number of nitriles is 1. The van der Waals surface area contributed by atoms with Crippen molar-refractivity contribution in [2.45, 2.75) is 0 Å². The first kappa shape index (κ1) is 15.3. The van der Waals surface area contributed by atoms with Gasteiger partial charge in [0.1, 0.15) is 11.8 Å². The van der Waals surface area contributed by atoms with Crippen molar-refractivity contribution in [1.29, 1.82) is 5.26 Å². The molecule has 9 heteroatoms. The molecule has 1 aromatic rings. The maximum Gasteiger partial charge on any atom is 0.247 e. The Hall–Kier alpha value is -1.79. The molecule has 0 spiro atoms. The molecule has 0 aliphatic carbocycles. The van der Waals surface area contributed by atoms with Crippen molar-refractivity contribution in [3.8, 4) is 11.8 Å². The van der Waals surface area contributed by atoms with Crippen molar-refractivity contribution >= 4 is 25.5 Å². The smallest absolute Gasteiger partial charge is 0.247 e. The van der Waals surface area contributed by atoms with Crippen molar-refractivity contribution < 1.29 is 21.6 Å². The molecule has 0 heterocycles. The molecule has 1 rings (SSSR count). The third kappa shape index (κ3) is 6.08. The van der Waals surface area contributed by atoms with Gasteiger partial charge in [-0.1, -0.05) is 6.07 Å². The second-order valence-electron chi connectivity index (χ2n) is 3.74. The average molecular weight is 304 g/mol. The molecule has 0 radical (unpaired) electrons. The van der Waals surface area contributed by atoms with Crippen LogP contribution in [0, 0.1) is 11.3 Å². The van der Waals surface area contributed by atoms with E-state index in [2.05, 4.69) is 4.72 Å². The summed E-state index contributed by atoms with van der Waals surface area (Å²) in [6, 6.07) is 7.64. The molecule has 1 aromatic carbocycles. The summed E-state index contributed by atoms with van der Waals surface area (Å²) >= 11 is 0. The fourth-order valence-electron chi connectivity index (χ4n) is 1.26.